The van der Waals surface area contributed by atoms with Gasteiger partial charge in [0.25, 0.3) is 11.8 Å². The van der Waals surface area contributed by atoms with Crippen LogP contribution in [0.1, 0.15) is 37.8 Å². The fraction of sp³-hybridized carbons (Fsp3) is 0.310. The summed E-state index contributed by atoms with van der Waals surface area (Å²) in [4.78, 5) is 52.8. The third-order valence-corrected chi connectivity index (χ3v) is 7.59. The minimum Gasteiger partial charge on any atom is -0.466 e. The molecule has 1 atom stereocenters. The summed E-state index contributed by atoms with van der Waals surface area (Å²) in [6.07, 6.45) is -5.36. The summed E-state index contributed by atoms with van der Waals surface area (Å²) in [5.41, 5.74) is -5.76. The van der Waals surface area contributed by atoms with E-state index in [9.17, 15) is 36.7 Å². The minimum absolute atomic E-state index is 0.160. The van der Waals surface area contributed by atoms with Crippen LogP contribution in [-0.2, 0) is 30.0 Å². The molecule has 0 saturated carbocycles. The Morgan fingerprint density at radius 2 is 1.55 bits per heavy atom. The number of esters is 2. The Balaban J connectivity index is 1.80. The number of hydrogen-bond acceptors (Lipinski definition) is 8. The molecule has 18 heteroatoms. The lowest BCUT2D eigenvalue weighted by Gasteiger charge is -2.33. The van der Waals surface area contributed by atoms with Gasteiger partial charge in [-0.25, -0.2) is 18.4 Å². The molecule has 2 aliphatic heterocycles. The number of allylic oxidation sites excluding steroid dienone is 1. The average Bonchev–Trinajstić information content (AvgIpc) is 3.25. The first-order valence-electron chi connectivity index (χ1n) is 13.2. The summed E-state index contributed by atoms with van der Waals surface area (Å²) in [5.74, 6) is -8.09. The van der Waals surface area contributed by atoms with Crippen molar-refractivity contribution in [2.45, 2.75) is 15.9 Å². The molecule has 0 bridgehead atoms. The van der Waals surface area contributed by atoms with Gasteiger partial charge in [-0.3, -0.25) is 14.5 Å². The van der Waals surface area contributed by atoms with Crippen molar-refractivity contribution < 1.29 is 55.3 Å². The molecule has 0 spiro atoms. The Morgan fingerprint density at radius 3 is 2.09 bits per heavy atom. The van der Waals surface area contributed by atoms with Crippen LogP contribution in [0.3, 0.4) is 0 Å². The number of amides is 2. The third-order valence-electron chi connectivity index (χ3n) is 6.95. The summed E-state index contributed by atoms with van der Waals surface area (Å²) in [6, 6.07) is 7.21. The molecule has 47 heavy (non-hydrogen) atoms. The number of hydrogen-bond donors (Lipinski definition) is 1. The molecule has 1 N–H and O–H groups in total. The topological polar surface area (TPSA) is 111 Å². The van der Waals surface area contributed by atoms with Crippen LogP contribution in [0, 0.1) is 5.82 Å². The molecular formula is C29H21Cl4F5N2O7. The highest BCUT2D eigenvalue weighted by atomic mass is 35.6. The van der Waals surface area contributed by atoms with Gasteiger partial charge in [-0.05, 0) is 24.3 Å². The molecule has 0 radical (unpaired) electrons. The van der Waals surface area contributed by atoms with Crippen molar-refractivity contribution in [1.29, 1.82) is 0 Å². The van der Waals surface area contributed by atoms with Crippen LogP contribution in [0.15, 0.2) is 58.9 Å². The lowest BCUT2D eigenvalue weighted by atomic mass is 9.78. The molecule has 9 nitrogen and oxygen atoms in total. The zero-order valence-corrected chi connectivity index (χ0v) is 26.8. The molecule has 2 aromatic rings. The number of dihydropyridines is 1. The van der Waals surface area contributed by atoms with Crippen molar-refractivity contribution in [1.82, 2.24) is 10.2 Å². The number of ether oxygens (including phenoxy) is 3. The van der Waals surface area contributed by atoms with E-state index in [0.29, 0.717) is 12.1 Å². The van der Waals surface area contributed by atoms with Crippen molar-refractivity contribution in [3.63, 3.8) is 0 Å². The lowest BCUT2D eigenvalue weighted by molar-refractivity contribution is -0.141. The second-order valence-electron chi connectivity index (χ2n) is 9.83. The Bertz CT molecular complexity index is 1660. The molecule has 2 amide bonds. The SMILES string of the molecule is COC(=O)C1=C(CF)NC(COCCN2C(=O)c3ccccc3C2=O)=C(C(=O)OCC(Cl)(Cl)Cl)C1c1c(F)ccc(Cl)c1C(F)(F)F. The maximum Gasteiger partial charge on any atom is 0.418 e. The van der Waals surface area contributed by atoms with Gasteiger partial charge in [0, 0.05) is 5.56 Å². The highest BCUT2D eigenvalue weighted by molar-refractivity contribution is 6.67. The summed E-state index contributed by atoms with van der Waals surface area (Å²) in [5, 5.41) is 1.42. The van der Waals surface area contributed by atoms with E-state index >= 15 is 4.39 Å². The van der Waals surface area contributed by atoms with Crippen molar-refractivity contribution in [2.24, 2.45) is 0 Å². The zero-order chi connectivity index (χ0) is 34.8. The zero-order valence-electron chi connectivity index (χ0n) is 23.8. The van der Waals surface area contributed by atoms with Gasteiger partial charge in [0.2, 0.25) is 3.79 Å². The Kier molecular flexibility index (Phi) is 11.1. The largest absolute Gasteiger partial charge is 0.466 e. The summed E-state index contributed by atoms with van der Waals surface area (Å²) in [7, 11) is 0.823. The Labute approximate surface area is 283 Å². The second kappa shape index (κ2) is 14.4. The van der Waals surface area contributed by atoms with E-state index in [4.69, 9.17) is 55.9 Å². The molecule has 0 aliphatic carbocycles. The van der Waals surface area contributed by atoms with Crippen LogP contribution in [-0.4, -0.2) is 72.6 Å². The van der Waals surface area contributed by atoms with E-state index in [1.54, 1.807) is 12.1 Å². The predicted octanol–water partition coefficient (Wildman–Crippen LogP) is 6.06. The molecule has 4 rings (SSSR count). The summed E-state index contributed by atoms with van der Waals surface area (Å²) >= 11 is 22.9. The maximum absolute atomic E-state index is 15.5. The van der Waals surface area contributed by atoms with Crippen LogP contribution >= 0.6 is 46.4 Å². The first-order valence-corrected chi connectivity index (χ1v) is 14.7. The quantitative estimate of drug-likeness (QED) is 0.103. The van der Waals surface area contributed by atoms with Gasteiger partial charge in [-0.15, -0.1) is 0 Å². The number of carbonyl (C=O) groups excluding carboxylic acids is 4. The van der Waals surface area contributed by atoms with Crippen molar-refractivity contribution in [2.75, 3.05) is 40.1 Å². The van der Waals surface area contributed by atoms with Crippen molar-refractivity contribution >= 4 is 70.2 Å². The number of halogens is 9. The van der Waals surface area contributed by atoms with Crippen molar-refractivity contribution in [3.8, 4) is 0 Å². The summed E-state index contributed by atoms with van der Waals surface area (Å²) in [6.45, 7) is -3.96. The number of nitrogens with one attached hydrogen (secondary N) is 1. The van der Waals surface area contributed by atoms with E-state index in [2.05, 4.69) is 10.1 Å². The monoisotopic (exact) mass is 744 g/mol. The molecule has 2 aromatic carbocycles. The number of nitrogens with zero attached hydrogens (tertiary/aromatic N) is 1. The summed E-state index contributed by atoms with van der Waals surface area (Å²) < 4.78 is 86.1. The minimum atomic E-state index is -5.36. The Hall–Kier alpha value is -3.43. The molecule has 2 heterocycles. The number of carbonyl (C=O) groups is 4. The lowest BCUT2D eigenvalue weighted by Crippen LogP contribution is -2.38. The number of benzene rings is 2. The first kappa shape index (κ1) is 36.4. The van der Waals surface area contributed by atoms with Gasteiger partial charge >= 0.3 is 18.1 Å². The van der Waals surface area contributed by atoms with Crippen LogP contribution in [0.2, 0.25) is 5.02 Å². The number of alkyl halides is 7. The fourth-order valence-corrected chi connectivity index (χ4v) is 5.48. The van der Waals surface area contributed by atoms with E-state index in [1.807, 2.05) is 0 Å². The van der Waals surface area contributed by atoms with Gasteiger partial charge in [-0.1, -0.05) is 58.5 Å². The standard InChI is InChI=1S/C29H21Cl4F5N2O7/c1-45-26(43)20-17(10-34)39-18(11-46-9-8-40-24(41)13-4-2-3-5-14(13)25(40)42)21(27(44)47-12-28(31,32)33)22(20)19-16(35)7-6-15(30)23(19)29(36,37)38/h2-7,22,39H,8-12H2,1H3. The van der Waals surface area contributed by atoms with Crippen LogP contribution < -0.4 is 5.32 Å². The van der Waals surface area contributed by atoms with Gasteiger partial charge < -0.3 is 19.5 Å². The number of rotatable bonds is 10. The van der Waals surface area contributed by atoms with Gasteiger partial charge in [-0.2, -0.15) is 13.2 Å². The van der Waals surface area contributed by atoms with Crippen LogP contribution in [0.5, 0.6) is 0 Å². The van der Waals surface area contributed by atoms with E-state index in [-0.39, 0.29) is 17.7 Å². The van der Waals surface area contributed by atoms with Gasteiger partial charge in [0.1, 0.15) is 19.1 Å². The van der Waals surface area contributed by atoms with Gasteiger partial charge in [0.05, 0.1) is 77.0 Å². The molecular weight excluding hydrogens is 725 g/mol. The van der Waals surface area contributed by atoms with Crippen LogP contribution in [0.25, 0.3) is 0 Å². The third kappa shape index (κ3) is 7.67. The maximum atomic E-state index is 15.5. The first-order chi connectivity index (χ1) is 22.0. The normalized spacial score (nSPS) is 16.8. The van der Waals surface area contributed by atoms with Crippen LogP contribution in [0.4, 0.5) is 22.0 Å². The number of methoxy groups -OCH3 is 1. The van der Waals surface area contributed by atoms with Crippen molar-refractivity contribution in [3.05, 3.63) is 92.0 Å². The van der Waals surface area contributed by atoms with E-state index in [0.717, 1.165) is 12.0 Å². The Morgan fingerprint density at radius 1 is 0.957 bits per heavy atom. The smallest absolute Gasteiger partial charge is 0.418 e. The molecule has 0 fully saturated rings. The van der Waals surface area contributed by atoms with Gasteiger partial charge in [0.15, 0.2) is 0 Å². The van der Waals surface area contributed by atoms with E-state index < -0.39 is 111 Å². The highest BCUT2D eigenvalue weighted by Crippen LogP contribution is 2.48. The van der Waals surface area contributed by atoms with E-state index in [1.165, 1.54) is 12.1 Å². The fourth-order valence-electron chi connectivity index (χ4n) is 5.04. The second-order valence-corrected chi connectivity index (χ2v) is 12.8. The number of fused-ring (bicyclic) bond motifs is 1. The molecule has 0 saturated heterocycles. The molecule has 1 unspecified atom stereocenters. The number of imide groups is 1. The average molecular weight is 746 g/mol. The molecule has 0 aromatic heterocycles. The molecule has 252 valence electrons. The molecule has 2 aliphatic rings. The predicted molar refractivity (Wildman–Crippen MR) is 158 cm³/mol. The highest BCUT2D eigenvalue weighted by Gasteiger charge is 2.47.